The van der Waals surface area contributed by atoms with E-state index in [4.69, 9.17) is 11.6 Å². The van der Waals surface area contributed by atoms with Crippen LogP contribution in [0, 0.1) is 0 Å². The van der Waals surface area contributed by atoms with Crippen molar-refractivity contribution in [1.29, 1.82) is 0 Å². The van der Waals surface area contributed by atoms with E-state index >= 15 is 0 Å². The fraction of sp³-hybridized carbons (Fsp3) is 0.455. The van der Waals surface area contributed by atoms with Crippen molar-refractivity contribution < 1.29 is 5.11 Å². The Kier molecular flexibility index (Phi) is 4.23. The number of phenols is 1. The molecule has 0 fully saturated rings. The number of halogens is 1. The highest BCUT2D eigenvalue weighted by Crippen LogP contribution is 2.27. The number of rotatable bonds is 4. The number of phenolic OH excluding ortho intramolecular Hbond substituents is 1. The minimum Gasteiger partial charge on any atom is -0.506 e. The summed E-state index contributed by atoms with van der Waals surface area (Å²) in [7, 11) is 2.03. The van der Waals surface area contributed by atoms with E-state index in [0.29, 0.717) is 5.02 Å². The second-order valence-corrected chi connectivity index (χ2v) is 3.89. The largest absolute Gasteiger partial charge is 0.506 e. The van der Waals surface area contributed by atoms with Crippen LogP contribution in [0.4, 0.5) is 0 Å². The van der Waals surface area contributed by atoms with Gasteiger partial charge >= 0.3 is 0 Å². The molecule has 1 rings (SSSR count). The topological polar surface area (TPSA) is 23.5 Å². The van der Waals surface area contributed by atoms with E-state index in [1.165, 1.54) is 0 Å². The van der Waals surface area contributed by atoms with E-state index in [-0.39, 0.29) is 5.75 Å². The first-order valence-electron chi connectivity index (χ1n) is 4.80. The quantitative estimate of drug-likeness (QED) is 0.832. The normalized spacial score (nSPS) is 10.9. The molecular formula is C11H16ClNO. The summed E-state index contributed by atoms with van der Waals surface area (Å²) in [5.41, 5.74) is 0.883. The Morgan fingerprint density at radius 1 is 1.43 bits per heavy atom. The summed E-state index contributed by atoms with van der Waals surface area (Å²) in [6.07, 6.45) is 1.11. The number of aromatic hydroxyl groups is 1. The van der Waals surface area contributed by atoms with Crippen molar-refractivity contribution in [2.24, 2.45) is 0 Å². The van der Waals surface area contributed by atoms with Crippen LogP contribution < -0.4 is 0 Å². The van der Waals surface area contributed by atoms with Crippen molar-refractivity contribution in [3.8, 4) is 5.75 Å². The minimum atomic E-state index is 0.206. The molecule has 0 spiro atoms. The lowest BCUT2D eigenvalue weighted by molar-refractivity contribution is 0.321. The van der Waals surface area contributed by atoms with Gasteiger partial charge in [0.1, 0.15) is 5.75 Å². The van der Waals surface area contributed by atoms with E-state index < -0.39 is 0 Å². The van der Waals surface area contributed by atoms with E-state index in [2.05, 4.69) is 11.8 Å². The third-order valence-corrected chi connectivity index (χ3v) is 2.42. The molecule has 0 aliphatic heterocycles. The fourth-order valence-electron chi connectivity index (χ4n) is 1.44. The van der Waals surface area contributed by atoms with E-state index in [1.54, 1.807) is 6.07 Å². The maximum atomic E-state index is 9.66. The first kappa shape index (κ1) is 11.3. The predicted octanol–water partition coefficient (Wildman–Crippen LogP) is 2.89. The highest BCUT2D eigenvalue weighted by Gasteiger charge is 2.06. The monoisotopic (exact) mass is 213 g/mol. The summed E-state index contributed by atoms with van der Waals surface area (Å²) in [5, 5.41) is 10.1. The second-order valence-electron chi connectivity index (χ2n) is 3.49. The average molecular weight is 214 g/mol. The van der Waals surface area contributed by atoms with Crippen molar-refractivity contribution in [2.45, 2.75) is 19.9 Å². The van der Waals surface area contributed by atoms with Gasteiger partial charge < -0.3 is 10.0 Å². The van der Waals surface area contributed by atoms with Crippen LogP contribution in [-0.4, -0.2) is 23.6 Å². The van der Waals surface area contributed by atoms with Gasteiger partial charge in [0.05, 0.1) is 5.02 Å². The van der Waals surface area contributed by atoms with Crippen LogP contribution >= 0.6 is 11.6 Å². The number of hydrogen-bond donors (Lipinski definition) is 1. The lowest BCUT2D eigenvalue weighted by atomic mass is 10.2. The highest BCUT2D eigenvalue weighted by atomic mass is 35.5. The molecule has 0 bridgehead atoms. The Morgan fingerprint density at radius 3 is 2.79 bits per heavy atom. The molecule has 1 aromatic carbocycles. The molecule has 0 atom stereocenters. The number of para-hydroxylation sites is 1. The smallest absolute Gasteiger partial charge is 0.138 e. The summed E-state index contributed by atoms with van der Waals surface area (Å²) in [4.78, 5) is 2.16. The van der Waals surface area contributed by atoms with Gasteiger partial charge in [0.25, 0.3) is 0 Å². The third-order valence-electron chi connectivity index (χ3n) is 2.12. The van der Waals surface area contributed by atoms with Crippen molar-refractivity contribution in [1.82, 2.24) is 4.90 Å². The summed E-state index contributed by atoms with van der Waals surface area (Å²) in [5.74, 6) is 0.206. The van der Waals surface area contributed by atoms with Crippen LogP contribution in [0.25, 0.3) is 0 Å². The molecule has 0 saturated heterocycles. The van der Waals surface area contributed by atoms with Crippen molar-refractivity contribution in [3.05, 3.63) is 28.8 Å². The predicted molar refractivity (Wildman–Crippen MR) is 59.7 cm³/mol. The fourth-order valence-corrected chi connectivity index (χ4v) is 1.63. The van der Waals surface area contributed by atoms with Gasteiger partial charge in [-0.25, -0.2) is 0 Å². The Labute approximate surface area is 90.1 Å². The Morgan fingerprint density at radius 2 is 2.14 bits per heavy atom. The maximum absolute atomic E-state index is 9.66. The Balaban J connectivity index is 2.71. The van der Waals surface area contributed by atoms with Gasteiger partial charge in [-0.3, -0.25) is 0 Å². The van der Waals surface area contributed by atoms with Crippen molar-refractivity contribution in [3.63, 3.8) is 0 Å². The molecule has 1 aromatic rings. The summed E-state index contributed by atoms with van der Waals surface area (Å²) >= 11 is 5.81. The molecule has 1 N–H and O–H groups in total. The molecule has 78 valence electrons. The van der Waals surface area contributed by atoms with Gasteiger partial charge in [0, 0.05) is 12.1 Å². The molecule has 0 aromatic heterocycles. The molecule has 0 heterocycles. The lowest BCUT2D eigenvalue weighted by Gasteiger charge is -2.16. The zero-order valence-electron chi connectivity index (χ0n) is 8.63. The molecule has 2 nitrogen and oxygen atoms in total. The van der Waals surface area contributed by atoms with E-state index in [9.17, 15) is 5.11 Å². The van der Waals surface area contributed by atoms with Crippen molar-refractivity contribution >= 4 is 11.6 Å². The standard InChI is InChI=1S/C11H16ClNO/c1-3-7-13(2)8-9-5-4-6-10(12)11(9)14/h4-6,14H,3,7-8H2,1-2H3. The van der Waals surface area contributed by atoms with Gasteiger partial charge in [0.2, 0.25) is 0 Å². The van der Waals surface area contributed by atoms with Crippen LogP contribution in [0.15, 0.2) is 18.2 Å². The van der Waals surface area contributed by atoms with Gasteiger partial charge in [-0.05, 0) is 26.1 Å². The molecule has 0 unspecified atom stereocenters. The van der Waals surface area contributed by atoms with Crippen LogP contribution in [0.2, 0.25) is 5.02 Å². The number of hydrogen-bond acceptors (Lipinski definition) is 2. The molecule has 0 amide bonds. The first-order valence-corrected chi connectivity index (χ1v) is 5.17. The lowest BCUT2D eigenvalue weighted by Crippen LogP contribution is -2.18. The van der Waals surface area contributed by atoms with E-state index in [0.717, 1.165) is 25.1 Å². The zero-order chi connectivity index (χ0) is 10.6. The molecule has 0 aliphatic carbocycles. The highest BCUT2D eigenvalue weighted by molar-refractivity contribution is 6.32. The summed E-state index contributed by atoms with van der Waals surface area (Å²) < 4.78 is 0. The van der Waals surface area contributed by atoms with Gasteiger partial charge in [-0.15, -0.1) is 0 Å². The van der Waals surface area contributed by atoms with Crippen LogP contribution in [0.3, 0.4) is 0 Å². The Bertz CT molecular complexity index is 301. The summed E-state index contributed by atoms with van der Waals surface area (Å²) in [6.45, 7) is 3.89. The molecule has 0 saturated carbocycles. The van der Waals surface area contributed by atoms with Crippen molar-refractivity contribution in [2.75, 3.05) is 13.6 Å². The zero-order valence-corrected chi connectivity index (χ0v) is 9.38. The maximum Gasteiger partial charge on any atom is 0.138 e. The first-order chi connectivity index (χ1) is 6.65. The second kappa shape index (κ2) is 5.23. The number of benzene rings is 1. The average Bonchev–Trinajstić information content (AvgIpc) is 2.13. The Hall–Kier alpha value is -0.730. The third kappa shape index (κ3) is 2.89. The molecule has 0 aliphatic rings. The van der Waals surface area contributed by atoms with Gasteiger partial charge in [0.15, 0.2) is 0 Å². The molecule has 0 radical (unpaired) electrons. The molecule has 3 heteroatoms. The van der Waals surface area contributed by atoms with Gasteiger partial charge in [-0.1, -0.05) is 30.7 Å². The number of nitrogens with zero attached hydrogens (tertiary/aromatic N) is 1. The molecule has 14 heavy (non-hydrogen) atoms. The minimum absolute atomic E-state index is 0.206. The van der Waals surface area contributed by atoms with Gasteiger partial charge in [-0.2, -0.15) is 0 Å². The van der Waals surface area contributed by atoms with Crippen LogP contribution in [0.1, 0.15) is 18.9 Å². The molecular weight excluding hydrogens is 198 g/mol. The SMILES string of the molecule is CCCN(C)Cc1cccc(Cl)c1O. The summed E-state index contributed by atoms with van der Waals surface area (Å²) in [6, 6.07) is 5.45. The van der Waals surface area contributed by atoms with Crippen LogP contribution in [-0.2, 0) is 6.54 Å². The van der Waals surface area contributed by atoms with E-state index in [1.807, 2.05) is 19.2 Å². The van der Waals surface area contributed by atoms with Crippen LogP contribution in [0.5, 0.6) is 5.75 Å².